The number of nitrogens with zero attached hydrogens (tertiary/aromatic N) is 1. The third kappa shape index (κ3) is 12.0. The largest absolute Gasteiger partial charge is 0.633 e. The molecular formula is C20H41NO2. The van der Waals surface area contributed by atoms with Crippen LogP contribution in [0.25, 0.3) is 0 Å². The van der Waals surface area contributed by atoms with Crippen molar-refractivity contribution in [2.75, 3.05) is 32.8 Å². The number of hydrogen-bond acceptors (Lipinski definition) is 2. The summed E-state index contributed by atoms with van der Waals surface area (Å²) in [4.78, 5) is 0. The van der Waals surface area contributed by atoms with E-state index in [1.165, 1.54) is 83.5 Å². The Morgan fingerprint density at radius 2 is 1.04 bits per heavy atom. The van der Waals surface area contributed by atoms with Crippen LogP contribution in [0.1, 0.15) is 96.8 Å². The van der Waals surface area contributed by atoms with E-state index >= 15 is 0 Å². The number of ether oxygens (including phenoxy) is 1. The summed E-state index contributed by atoms with van der Waals surface area (Å²) in [7, 11) is 0. The van der Waals surface area contributed by atoms with Gasteiger partial charge in [0.25, 0.3) is 0 Å². The van der Waals surface area contributed by atoms with Gasteiger partial charge < -0.3 is 14.6 Å². The molecule has 0 atom stereocenters. The summed E-state index contributed by atoms with van der Waals surface area (Å²) in [5.41, 5.74) is 0. The van der Waals surface area contributed by atoms with Gasteiger partial charge in [0.2, 0.25) is 0 Å². The average molecular weight is 328 g/mol. The molecule has 0 radical (unpaired) electrons. The first-order chi connectivity index (χ1) is 11.3. The SMILES string of the molecule is CCCCCCCCCCCCCCCC[N+]1([O-])CCOCC1. The quantitative estimate of drug-likeness (QED) is 0.216. The van der Waals surface area contributed by atoms with E-state index < -0.39 is 0 Å². The molecule has 23 heavy (non-hydrogen) atoms. The Balaban J connectivity index is 1.74. The van der Waals surface area contributed by atoms with E-state index in [4.69, 9.17) is 4.74 Å². The van der Waals surface area contributed by atoms with Crippen LogP contribution in [0.3, 0.4) is 0 Å². The van der Waals surface area contributed by atoms with Crippen molar-refractivity contribution < 1.29 is 9.38 Å². The Kier molecular flexibility index (Phi) is 13.0. The van der Waals surface area contributed by atoms with Gasteiger partial charge in [-0.25, -0.2) is 0 Å². The van der Waals surface area contributed by atoms with Crippen LogP contribution < -0.4 is 0 Å². The maximum absolute atomic E-state index is 12.3. The van der Waals surface area contributed by atoms with Crippen LogP contribution in [0.15, 0.2) is 0 Å². The van der Waals surface area contributed by atoms with Gasteiger partial charge in [-0.3, -0.25) is 0 Å². The predicted molar refractivity (Wildman–Crippen MR) is 99.4 cm³/mol. The molecule has 1 heterocycles. The van der Waals surface area contributed by atoms with Crippen molar-refractivity contribution >= 4 is 0 Å². The highest BCUT2D eigenvalue weighted by Gasteiger charge is 2.20. The van der Waals surface area contributed by atoms with Crippen molar-refractivity contribution in [1.29, 1.82) is 0 Å². The van der Waals surface area contributed by atoms with Crippen molar-refractivity contribution in [2.45, 2.75) is 96.8 Å². The highest BCUT2D eigenvalue weighted by atomic mass is 16.6. The lowest BCUT2D eigenvalue weighted by Gasteiger charge is -2.45. The summed E-state index contributed by atoms with van der Waals surface area (Å²) in [6, 6.07) is 0. The number of hydrogen-bond donors (Lipinski definition) is 0. The van der Waals surface area contributed by atoms with Crippen molar-refractivity contribution in [2.24, 2.45) is 0 Å². The summed E-state index contributed by atoms with van der Waals surface area (Å²) < 4.78 is 5.27. The molecule has 3 heteroatoms. The highest BCUT2D eigenvalue weighted by molar-refractivity contribution is 4.53. The van der Waals surface area contributed by atoms with E-state index in [0.29, 0.717) is 26.3 Å². The fourth-order valence-electron chi connectivity index (χ4n) is 3.49. The monoisotopic (exact) mass is 327 g/mol. The van der Waals surface area contributed by atoms with Crippen LogP contribution in [-0.4, -0.2) is 37.5 Å². The molecule has 1 aliphatic heterocycles. The molecule has 0 bridgehead atoms. The predicted octanol–water partition coefficient (Wildman–Crippen LogP) is 5.81. The molecule has 0 spiro atoms. The first kappa shape index (κ1) is 20.9. The number of quaternary nitrogens is 1. The van der Waals surface area contributed by atoms with Gasteiger partial charge in [-0.15, -0.1) is 0 Å². The third-order valence-corrected chi connectivity index (χ3v) is 5.21. The molecule has 0 N–H and O–H groups in total. The van der Waals surface area contributed by atoms with E-state index in [1.54, 1.807) is 0 Å². The van der Waals surface area contributed by atoms with Crippen LogP contribution in [0.4, 0.5) is 0 Å². The minimum absolute atomic E-state index is 0.00173. The maximum Gasteiger partial charge on any atom is 0.102 e. The Bertz CT molecular complexity index is 252. The second kappa shape index (κ2) is 14.2. The topological polar surface area (TPSA) is 32.3 Å². The smallest absolute Gasteiger partial charge is 0.102 e. The molecule has 1 fully saturated rings. The maximum atomic E-state index is 12.3. The Morgan fingerprint density at radius 1 is 0.652 bits per heavy atom. The lowest BCUT2D eigenvalue weighted by Crippen LogP contribution is -2.50. The highest BCUT2D eigenvalue weighted by Crippen LogP contribution is 2.15. The lowest BCUT2D eigenvalue weighted by molar-refractivity contribution is -0.888. The van der Waals surface area contributed by atoms with Gasteiger partial charge >= 0.3 is 0 Å². The number of unbranched alkanes of at least 4 members (excludes halogenated alkanes) is 13. The molecule has 1 aliphatic rings. The fraction of sp³-hybridized carbons (Fsp3) is 1.00. The van der Waals surface area contributed by atoms with Crippen LogP contribution >= 0.6 is 0 Å². The summed E-state index contributed by atoms with van der Waals surface area (Å²) in [6.45, 7) is 5.73. The molecule has 0 amide bonds. The molecule has 0 unspecified atom stereocenters. The van der Waals surface area contributed by atoms with Crippen LogP contribution in [-0.2, 0) is 4.74 Å². The minimum Gasteiger partial charge on any atom is -0.633 e. The summed E-state index contributed by atoms with van der Waals surface area (Å²) in [5.74, 6) is 0. The molecule has 0 aromatic heterocycles. The van der Waals surface area contributed by atoms with E-state index in [0.717, 1.165) is 13.0 Å². The minimum atomic E-state index is -0.00173. The van der Waals surface area contributed by atoms with Crippen LogP contribution in [0, 0.1) is 5.21 Å². The average Bonchev–Trinajstić information content (AvgIpc) is 2.56. The molecule has 0 aromatic carbocycles. The zero-order chi connectivity index (χ0) is 16.6. The van der Waals surface area contributed by atoms with Gasteiger partial charge in [-0.2, -0.15) is 0 Å². The molecule has 138 valence electrons. The normalized spacial score (nSPS) is 17.5. The van der Waals surface area contributed by atoms with Gasteiger partial charge in [0.1, 0.15) is 13.1 Å². The van der Waals surface area contributed by atoms with E-state index in [9.17, 15) is 5.21 Å². The lowest BCUT2D eigenvalue weighted by atomic mass is 10.0. The molecule has 1 rings (SSSR count). The van der Waals surface area contributed by atoms with Gasteiger partial charge in [-0.05, 0) is 12.8 Å². The zero-order valence-electron chi connectivity index (χ0n) is 15.7. The van der Waals surface area contributed by atoms with Crippen molar-refractivity contribution in [1.82, 2.24) is 0 Å². The van der Waals surface area contributed by atoms with Gasteiger partial charge in [0.05, 0.1) is 19.8 Å². The van der Waals surface area contributed by atoms with Crippen molar-refractivity contribution in [3.63, 3.8) is 0 Å². The summed E-state index contributed by atoms with van der Waals surface area (Å²) in [5, 5.41) is 12.3. The molecule has 0 saturated carbocycles. The standard InChI is InChI=1S/C20H41NO2/c1-2-3-4-5-6-7-8-9-10-11-12-13-14-15-16-21(22)17-19-23-20-18-21/h2-20H2,1H3. The Hall–Kier alpha value is -0.120. The van der Waals surface area contributed by atoms with E-state index in [2.05, 4.69) is 6.92 Å². The van der Waals surface area contributed by atoms with Crippen LogP contribution in [0.2, 0.25) is 0 Å². The number of rotatable bonds is 15. The van der Waals surface area contributed by atoms with Gasteiger partial charge in [-0.1, -0.05) is 84.0 Å². The zero-order valence-corrected chi connectivity index (χ0v) is 15.7. The molecule has 0 aliphatic carbocycles. The number of hydroxylamine groups is 3. The molecular weight excluding hydrogens is 286 g/mol. The second-order valence-corrected chi connectivity index (χ2v) is 7.44. The first-order valence-corrected chi connectivity index (χ1v) is 10.4. The fourth-order valence-corrected chi connectivity index (χ4v) is 3.49. The van der Waals surface area contributed by atoms with E-state index in [-0.39, 0.29) is 4.65 Å². The van der Waals surface area contributed by atoms with E-state index in [1.807, 2.05) is 0 Å². The number of morpholine rings is 1. The first-order valence-electron chi connectivity index (χ1n) is 10.4. The summed E-state index contributed by atoms with van der Waals surface area (Å²) in [6.07, 6.45) is 19.2. The second-order valence-electron chi connectivity index (χ2n) is 7.44. The Morgan fingerprint density at radius 3 is 1.48 bits per heavy atom. The van der Waals surface area contributed by atoms with Gasteiger partial charge in [0.15, 0.2) is 0 Å². The summed E-state index contributed by atoms with van der Waals surface area (Å²) >= 11 is 0. The van der Waals surface area contributed by atoms with Crippen LogP contribution in [0.5, 0.6) is 0 Å². The molecule has 1 saturated heterocycles. The van der Waals surface area contributed by atoms with Crippen molar-refractivity contribution in [3.8, 4) is 0 Å². The van der Waals surface area contributed by atoms with Crippen molar-refractivity contribution in [3.05, 3.63) is 5.21 Å². The third-order valence-electron chi connectivity index (χ3n) is 5.21. The van der Waals surface area contributed by atoms with Gasteiger partial charge in [0, 0.05) is 0 Å². The molecule has 3 nitrogen and oxygen atoms in total. The Labute approximate surface area is 144 Å². The molecule has 0 aromatic rings.